The van der Waals surface area contributed by atoms with Crippen LogP contribution in [-0.2, 0) is 4.79 Å². The van der Waals surface area contributed by atoms with Gasteiger partial charge in [0.2, 0.25) is 0 Å². The molecule has 0 aliphatic carbocycles. The summed E-state index contributed by atoms with van der Waals surface area (Å²) >= 11 is 18.2. The van der Waals surface area contributed by atoms with Gasteiger partial charge in [-0.05, 0) is 35.6 Å². The van der Waals surface area contributed by atoms with Gasteiger partial charge in [-0.3, -0.25) is 19.8 Å². The van der Waals surface area contributed by atoms with E-state index in [2.05, 4.69) is 0 Å². The Balaban J connectivity index is 1.96. The molecule has 0 radical (unpaired) electrons. The van der Waals surface area contributed by atoms with Crippen molar-refractivity contribution in [3.63, 3.8) is 0 Å². The van der Waals surface area contributed by atoms with Crippen LogP contribution in [-0.4, -0.2) is 15.2 Å². The molecule has 1 amide bonds. The SMILES string of the molecule is O=C1/C(=C\c2ccc([O-])c([N+](=O)[O-])c2)SC(=S)N1c1ccc(Cl)c(Cl)c1. The molecule has 2 aromatic carbocycles. The summed E-state index contributed by atoms with van der Waals surface area (Å²) in [4.78, 5) is 24.4. The Morgan fingerprint density at radius 1 is 1.15 bits per heavy atom. The molecule has 1 fully saturated rings. The van der Waals surface area contributed by atoms with Crippen molar-refractivity contribution in [2.24, 2.45) is 0 Å². The molecule has 1 saturated heterocycles. The van der Waals surface area contributed by atoms with Crippen LogP contribution in [0.5, 0.6) is 5.75 Å². The third-order valence-corrected chi connectivity index (χ3v) is 5.47. The average molecular weight is 426 g/mol. The number of nitro groups is 1. The van der Waals surface area contributed by atoms with Crippen molar-refractivity contribution in [2.75, 3.05) is 4.90 Å². The van der Waals surface area contributed by atoms with E-state index in [1.807, 2.05) is 0 Å². The number of halogens is 2. The van der Waals surface area contributed by atoms with Gasteiger partial charge in [0, 0.05) is 6.07 Å². The average Bonchev–Trinajstić information content (AvgIpc) is 2.85. The molecule has 0 saturated carbocycles. The van der Waals surface area contributed by atoms with Gasteiger partial charge in [-0.15, -0.1) is 0 Å². The van der Waals surface area contributed by atoms with Crippen LogP contribution < -0.4 is 10.0 Å². The maximum atomic E-state index is 12.7. The van der Waals surface area contributed by atoms with Crippen LogP contribution in [0.4, 0.5) is 11.4 Å². The summed E-state index contributed by atoms with van der Waals surface area (Å²) in [6.07, 6.45) is 1.45. The topological polar surface area (TPSA) is 86.5 Å². The lowest BCUT2D eigenvalue weighted by atomic mass is 10.1. The molecule has 0 bridgehead atoms. The highest BCUT2D eigenvalue weighted by Crippen LogP contribution is 2.38. The Bertz CT molecular complexity index is 994. The monoisotopic (exact) mass is 425 g/mol. The predicted octanol–water partition coefficient (Wildman–Crippen LogP) is 4.38. The normalized spacial score (nSPS) is 15.8. The minimum Gasteiger partial charge on any atom is -0.868 e. The molecule has 1 heterocycles. The van der Waals surface area contributed by atoms with E-state index in [0.29, 0.717) is 16.3 Å². The molecular formula is C16H7Cl2N2O4S2-. The summed E-state index contributed by atoms with van der Waals surface area (Å²) < 4.78 is 0.287. The van der Waals surface area contributed by atoms with Crippen LogP contribution in [0.3, 0.4) is 0 Å². The molecular weight excluding hydrogens is 419 g/mol. The van der Waals surface area contributed by atoms with Gasteiger partial charge >= 0.3 is 0 Å². The third kappa shape index (κ3) is 3.54. The molecule has 6 nitrogen and oxygen atoms in total. The summed E-state index contributed by atoms with van der Waals surface area (Å²) in [5.41, 5.74) is 0.260. The number of carbonyl (C=O) groups is 1. The largest absolute Gasteiger partial charge is 0.868 e. The van der Waals surface area contributed by atoms with E-state index < -0.39 is 22.3 Å². The zero-order valence-electron chi connectivity index (χ0n) is 12.6. The molecule has 3 rings (SSSR count). The Hall–Kier alpha value is -2.13. The van der Waals surface area contributed by atoms with E-state index in [4.69, 9.17) is 35.4 Å². The highest BCUT2D eigenvalue weighted by atomic mass is 35.5. The first kappa shape index (κ1) is 18.7. The molecule has 10 heteroatoms. The number of thiocarbonyl (C=S) groups is 1. The number of amides is 1. The number of nitrogens with zero attached hydrogens (tertiary/aromatic N) is 2. The summed E-state index contributed by atoms with van der Waals surface area (Å²) in [6, 6.07) is 8.30. The van der Waals surface area contributed by atoms with Gasteiger partial charge in [-0.25, -0.2) is 0 Å². The number of anilines is 1. The van der Waals surface area contributed by atoms with Gasteiger partial charge in [0.25, 0.3) is 11.6 Å². The molecule has 0 aromatic heterocycles. The van der Waals surface area contributed by atoms with Crippen molar-refractivity contribution in [3.8, 4) is 5.75 Å². The highest BCUT2D eigenvalue weighted by molar-refractivity contribution is 8.27. The minimum atomic E-state index is -0.763. The fourth-order valence-corrected chi connectivity index (χ4v) is 3.82. The number of thioether (sulfide) groups is 1. The van der Waals surface area contributed by atoms with Crippen molar-refractivity contribution in [1.82, 2.24) is 0 Å². The zero-order valence-corrected chi connectivity index (χ0v) is 15.8. The summed E-state index contributed by atoms with van der Waals surface area (Å²) in [6.45, 7) is 0. The van der Waals surface area contributed by atoms with Crippen molar-refractivity contribution >= 4 is 74.9 Å². The lowest BCUT2D eigenvalue weighted by molar-refractivity contribution is -0.398. The van der Waals surface area contributed by atoms with E-state index >= 15 is 0 Å². The van der Waals surface area contributed by atoms with Gasteiger partial charge in [-0.1, -0.05) is 59.3 Å². The van der Waals surface area contributed by atoms with Crippen LogP contribution in [0.15, 0.2) is 41.3 Å². The molecule has 1 aliphatic rings. The second kappa shape index (κ2) is 7.24. The molecule has 2 aromatic rings. The molecule has 0 N–H and O–H groups in total. The quantitative estimate of drug-likeness (QED) is 0.313. The highest BCUT2D eigenvalue weighted by Gasteiger charge is 2.33. The number of nitro benzene ring substituents is 1. The van der Waals surface area contributed by atoms with Crippen molar-refractivity contribution in [3.05, 3.63) is 67.0 Å². The number of benzene rings is 2. The van der Waals surface area contributed by atoms with Gasteiger partial charge in [0.1, 0.15) is 0 Å². The maximum Gasteiger partial charge on any atom is 0.270 e. The van der Waals surface area contributed by atoms with Crippen LogP contribution in [0.1, 0.15) is 5.56 Å². The summed E-state index contributed by atoms with van der Waals surface area (Å²) in [5, 5.41) is 23.0. The van der Waals surface area contributed by atoms with Crippen molar-refractivity contribution < 1.29 is 14.8 Å². The number of carbonyl (C=O) groups excluding carboxylic acids is 1. The van der Waals surface area contributed by atoms with E-state index in [1.165, 1.54) is 23.1 Å². The minimum absolute atomic E-state index is 0.272. The lowest BCUT2D eigenvalue weighted by Gasteiger charge is -2.15. The Labute approximate surface area is 167 Å². The number of hydrogen-bond acceptors (Lipinski definition) is 6. The maximum absolute atomic E-state index is 12.7. The van der Waals surface area contributed by atoms with Gasteiger partial charge in [0.05, 0.1) is 25.6 Å². The zero-order chi connectivity index (χ0) is 19.0. The molecule has 1 aliphatic heterocycles. The molecule has 0 atom stereocenters. The van der Waals surface area contributed by atoms with Gasteiger partial charge in [0.15, 0.2) is 4.32 Å². The smallest absolute Gasteiger partial charge is 0.270 e. The van der Waals surface area contributed by atoms with E-state index in [0.717, 1.165) is 23.9 Å². The fraction of sp³-hybridized carbons (Fsp3) is 0. The Kier molecular flexibility index (Phi) is 5.19. The molecule has 0 spiro atoms. The van der Waals surface area contributed by atoms with Gasteiger partial charge in [-0.2, -0.15) is 0 Å². The second-order valence-electron chi connectivity index (χ2n) is 5.10. The standard InChI is InChI=1S/C16H8Cl2N2O4S2/c17-10-3-2-9(7-11(10)18)19-15(22)14(26-16(19)25)6-8-1-4-13(21)12(5-8)20(23)24/h1-7,21H/p-1/b14-6+. The summed E-state index contributed by atoms with van der Waals surface area (Å²) in [5.74, 6) is -1.09. The van der Waals surface area contributed by atoms with Crippen molar-refractivity contribution in [1.29, 1.82) is 0 Å². The predicted molar refractivity (Wildman–Crippen MR) is 105 cm³/mol. The first-order valence-electron chi connectivity index (χ1n) is 6.96. The first-order chi connectivity index (χ1) is 12.3. The summed E-state index contributed by atoms with van der Waals surface area (Å²) in [7, 11) is 0. The fourth-order valence-electron chi connectivity index (χ4n) is 2.23. The van der Waals surface area contributed by atoms with Gasteiger partial charge < -0.3 is 5.11 Å². The molecule has 0 unspecified atom stereocenters. The molecule has 132 valence electrons. The Morgan fingerprint density at radius 3 is 2.54 bits per heavy atom. The first-order valence-corrected chi connectivity index (χ1v) is 8.94. The van der Waals surface area contributed by atoms with Crippen LogP contribution in [0, 0.1) is 10.1 Å². The second-order valence-corrected chi connectivity index (χ2v) is 7.59. The van der Waals surface area contributed by atoms with Crippen LogP contribution >= 0.6 is 47.2 Å². The van der Waals surface area contributed by atoms with Crippen molar-refractivity contribution in [2.45, 2.75) is 0 Å². The molecule has 26 heavy (non-hydrogen) atoms. The third-order valence-electron chi connectivity index (χ3n) is 3.43. The van der Waals surface area contributed by atoms with E-state index in [9.17, 15) is 20.0 Å². The van der Waals surface area contributed by atoms with E-state index in [-0.39, 0.29) is 14.2 Å². The number of hydrogen-bond donors (Lipinski definition) is 0. The van der Waals surface area contributed by atoms with Crippen LogP contribution in [0.2, 0.25) is 10.0 Å². The Morgan fingerprint density at radius 2 is 1.88 bits per heavy atom. The number of rotatable bonds is 3. The van der Waals surface area contributed by atoms with E-state index in [1.54, 1.807) is 12.1 Å². The van der Waals surface area contributed by atoms with Crippen LogP contribution in [0.25, 0.3) is 6.08 Å². The lowest BCUT2D eigenvalue weighted by Crippen LogP contribution is -2.27.